The Balaban J connectivity index is 1.25. The molecule has 52 heavy (non-hydrogen) atoms. The topological polar surface area (TPSA) is 73.8 Å². The highest BCUT2D eigenvalue weighted by Gasteiger charge is 2.56. The Labute approximate surface area is 306 Å². The van der Waals surface area contributed by atoms with E-state index in [9.17, 15) is 0 Å². The summed E-state index contributed by atoms with van der Waals surface area (Å²) >= 11 is 0. The predicted molar refractivity (Wildman–Crippen MR) is 197 cm³/mol. The Hall–Kier alpha value is -4.54. The molecule has 0 amide bonds. The van der Waals surface area contributed by atoms with Crippen LogP contribution >= 0.6 is 0 Å². The van der Waals surface area contributed by atoms with Crippen LogP contribution in [0, 0.1) is 5.92 Å². The zero-order valence-electron chi connectivity index (χ0n) is 29.6. The van der Waals surface area contributed by atoms with Crippen LogP contribution in [-0.2, 0) is 54.8 Å². The molecule has 1 saturated heterocycles. The SMILES string of the molecule is COc1ccc(CO[C@@H]2[C@@H](OCc3ccccc3)[C@H](OCc3ccc(OC)cc3)[C@@H](OCc3ccccc3)[C@@H]3CO[C@@H](c4ccccc4)O[C@H]32)cc1. The number of methoxy groups -OCH3 is 2. The molecule has 1 heterocycles. The van der Waals surface area contributed by atoms with Crippen LogP contribution in [0.2, 0.25) is 0 Å². The van der Waals surface area contributed by atoms with E-state index in [1.54, 1.807) is 14.2 Å². The fraction of sp³-hybridized carbons (Fsp3) is 0.318. The molecule has 0 unspecified atom stereocenters. The number of rotatable bonds is 15. The van der Waals surface area contributed by atoms with Crippen LogP contribution in [0.4, 0.5) is 0 Å². The van der Waals surface area contributed by atoms with E-state index in [-0.39, 0.29) is 5.92 Å². The van der Waals surface area contributed by atoms with E-state index < -0.39 is 36.8 Å². The fourth-order valence-corrected chi connectivity index (χ4v) is 6.92. The Morgan fingerprint density at radius 1 is 0.462 bits per heavy atom. The minimum absolute atomic E-state index is 0.220. The highest BCUT2D eigenvalue weighted by molar-refractivity contribution is 5.28. The molecule has 8 heteroatoms. The van der Waals surface area contributed by atoms with Crippen LogP contribution in [-0.4, -0.2) is 51.3 Å². The van der Waals surface area contributed by atoms with E-state index in [0.717, 1.165) is 39.3 Å². The summed E-state index contributed by atoms with van der Waals surface area (Å²) in [5.74, 6) is 1.35. The average molecular weight is 703 g/mol. The smallest absolute Gasteiger partial charge is 0.184 e. The monoisotopic (exact) mass is 702 g/mol. The minimum Gasteiger partial charge on any atom is -0.497 e. The molecule has 0 N–H and O–H groups in total. The normalized spacial score (nSPS) is 24.2. The highest BCUT2D eigenvalue weighted by Crippen LogP contribution is 2.43. The Kier molecular flexibility index (Phi) is 12.3. The summed E-state index contributed by atoms with van der Waals surface area (Å²) in [6.07, 6.45) is -3.06. The maximum absolute atomic E-state index is 6.93. The zero-order chi connectivity index (χ0) is 35.5. The highest BCUT2D eigenvalue weighted by atomic mass is 16.7. The van der Waals surface area contributed by atoms with Crippen LogP contribution in [0.15, 0.2) is 140 Å². The van der Waals surface area contributed by atoms with Crippen molar-refractivity contribution in [1.29, 1.82) is 0 Å². The van der Waals surface area contributed by atoms with Crippen molar-refractivity contribution in [3.05, 3.63) is 167 Å². The Morgan fingerprint density at radius 2 is 0.865 bits per heavy atom. The van der Waals surface area contributed by atoms with E-state index in [0.29, 0.717) is 33.0 Å². The average Bonchev–Trinajstić information content (AvgIpc) is 3.22. The molecule has 7 atom stereocenters. The first-order chi connectivity index (χ1) is 25.7. The third kappa shape index (κ3) is 8.90. The molecule has 2 aliphatic rings. The third-order valence-corrected chi connectivity index (χ3v) is 9.71. The lowest BCUT2D eigenvalue weighted by molar-refractivity contribution is -0.334. The molecule has 8 nitrogen and oxygen atoms in total. The second-order valence-corrected chi connectivity index (χ2v) is 13.1. The molecule has 5 aromatic rings. The summed E-state index contributed by atoms with van der Waals surface area (Å²) in [7, 11) is 3.33. The largest absolute Gasteiger partial charge is 0.497 e. The minimum atomic E-state index is -0.573. The van der Waals surface area contributed by atoms with Gasteiger partial charge in [0.15, 0.2) is 6.29 Å². The molecule has 1 aliphatic heterocycles. The lowest BCUT2D eigenvalue weighted by Crippen LogP contribution is -2.66. The van der Waals surface area contributed by atoms with Gasteiger partial charge >= 0.3 is 0 Å². The summed E-state index contributed by atoms with van der Waals surface area (Å²) in [6, 6.07) is 46.2. The summed E-state index contributed by atoms with van der Waals surface area (Å²) in [6.45, 7) is 1.81. The van der Waals surface area contributed by atoms with Crippen LogP contribution in [0.1, 0.15) is 34.1 Å². The van der Waals surface area contributed by atoms with Gasteiger partial charge in [-0.25, -0.2) is 0 Å². The summed E-state index contributed by atoms with van der Waals surface area (Å²) in [5.41, 5.74) is 5.05. The maximum atomic E-state index is 6.93. The molecule has 2 fully saturated rings. The van der Waals surface area contributed by atoms with Gasteiger partial charge in [0.05, 0.1) is 59.5 Å². The third-order valence-electron chi connectivity index (χ3n) is 9.71. The van der Waals surface area contributed by atoms with Crippen molar-refractivity contribution in [1.82, 2.24) is 0 Å². The zero-order valence-corrected chi connectivity index (χ0v) is 29.6. The van der Waals surface area contributed by atoms with E-state index in [4.69, 9.17) is 37.9 Å². The molecule has 5 aromatic carbocycles. The molecular weight excluding hydrogens is 656 g/mol. The van der Waals surface area contributed by atoms with Gasteiger partial charge in [0.2, 0.25) is 0 Å². The first-order valence-electron chi connectivity index (χ1n) is 17.8. The lowest BCUT2D eigenvalue weighted by atomic mass is 9.77. The van der Waals surface area contributed by atoms with Gasteiger partial charge in [-0.1, -0.05) is 115 Å². The van der Waals surface area contributed by atoms with E-state index in [2.05, 4.69) is 24.3 Å². The molecule has 7 rings (SSSR count). The summed E-state index contributed by atoms with van der Waals surface area (Å²) < 4.78 is 51.8. The van der Waals surface area contributed by atoms with Crippen LogP contribution in [0.5, 0.6) is 11.5 Å². The van der Waals surface area contributed by atoms with Gasteiger partial charge in [-0.3, -0.25) is 0 Å². The summed E-state index contributed by atoms with van der Waals surface area (Å²) in [4.78, 5) is 0. The van der Waals surface area contributed by atoms with E-state index in [1.807, 2.05) is 115 Å². The van der Waals surface area contributed by atoms with Gasteiger partial charge in [0, 0.05) is 11.5 Å². The Bertz CT molecular complexity index is 1710. The molecular formula is C44H46O8. The second kappa shape index (κ2) is 17.8. The summed E-state index contributed by atoms with van der Waals surface area (Å²) in [5, 5.41) is 0. The lowest BCUT2D eigenvalue weighted by Gasteiger charge is -2.52. The second-order valence-electron chi connectivity index (χ2n) is 13.1. The number of hydrogen-bond acceptors (Lipinski definition) is 8. The van der Waals surface area contributed by atoms with Gasteiger partial charge < -0.3 is 37.9 Å². The molecule has 0 spiro atoms. The van der Waals surface area contributed by atoms with Crippen molar-refractivity contribution in [3.63, 3.8) is 0 Å². The van der Waals surface area contributed by atoms with Gasteiger partial charge in [-0.2, -0.15) is 0 Å². The van der Waals surface area contributed by atoms with Crippen molar-refractivity contribution in [3.8, 4) is 11.5 Å². The molecule has 0 radical (unpaired) electrons. The van der Waals surface area contributed by atoms with Crippen molar-refractivity contribution in [2.75, 3.05) is 20.8 Å². The molecule has 0 bridgehead atoms. The van der Waals surface area contributed by atoms with E-state index >= 15 is 0 Å². The first-order valence-corrected chi connectivity index (χ1v) is 17.8. The van der Waals surface area contributed by atoms with Gasteiger partial charge in [0.1, 0.15) is 29.8 Å². The van der Waals surface area contributed by atoms with Crippen LogP contribution in [0.3, 0.4) is 0 Å². The molecule has 270 valence electrons. The van der Waals surface area contributed by atoms with E-state index in [1.165, 1.54) is 0 Å². The van der Waals surface area contributed by atoms with Crippen molar-refractivity contribution in [2.24, 2.45) is 5.92 Å². The quantitative estimate of drug-likeness (QED) is 0.108. The van der Waals surface area contributed by atoms with Crippen LogP contribution in [0.25, 0.3) is 0 Å². The Morgan fingerprint density at radius 3 is 1.35 bits per heavy atom. The molecule has 1 aliphatic carbocycles. The molecule has 0 aromatic heterocycles. The molecule has 1 saturated carbocycles. The van der Waals surface area contributed by atoms with Crippen molar-refractivity contribution in [2.45, 2.75) is 63.2 Å². The predicted octanol–water partition coefficient (Wildman–Crippen LogP) is 8.09. The number of fused-ring (bicyclic) bond motifs is 1. The van der Waals surface area contributed by atoms with Gasteiger partial charge in [0.25, 0.3) is 0 Å². The number of hydrogen-bond donors (Lipinski definition) is 0. The first kappa shape index (κ1) is 35.8. The number of benzene rings is 5. The van der Waals surface area contributed by atoms with Crippen LogP contribution < -0.4 is 9.47 Å². The number of ether oxygens (including phenoxy) is 8. The fourth-order valence-electron chi connectivity index (χ4n) is 6.92. The van der Waals surface area contributed by atoms with Gasteiger partial charge in [-0.15, -0.1) is 0 Å². The maximum Gasteiger partial charge on any atom is 0.184 e. The van der Waals surface area contributed by atoms with Crippen molar-refractivity contribution >= 4 is 0 Å². The van der Waals surface area contributed by atoms with Gasteiger partial charge in [-0.05, 0) is 46.5 Å². The van der Waals surface area contributed by atoms with Crippen molar-refractivity contribution < 1.29 is 37.9 Å². The standard InChI is InChI=1S/C44H46O8/c1-45-36-22-18-33(19-23-36)28-48-41-39(47-26-31-12-6-3-7-13-31)38-30-51-44(35-16-10-5-11-17-35)52-40(38)42(43(41)50-27-32-14-8-4-9-15-32)49-29-34-20-24-37(46-2)25-21-34/h3-25,38-44H,26-30H2,1-2H3/t38-,39-,40+,41+,42-,43-,44+/m0/s1.